The number of hydrogen-bond donors (Lipinski definition) is 2. The van der Waals surface area contributed by atoms with Gasteiger partial charge in [0, 0.05) is 13.1 Å². The summed E-state index contributed by atoms with van der Waals surface area (Å²) in [7, 11) is 2.11. The molecule has 8 heteroatoms. The first kappa shape index (κ1) is 21.9. The van der Waals surface area contributed by atoms with Crippen LogP contribution in [0, 0.1) is 6.92 Å². The molecule has 3 aromatic rings. The second-order valence-electron chi connectivity index (χ2n) is 6.62. The zero-order valence-corrected chi connectivity index (χ0v) is 16.4. The first-order valence-corrected chi connectivity index (χ1v) is 9.07. The van der Waals surface area contributed by atoms with Gasteiger partial charge in [0.25, 0.3) is 0 Å². The molecule has 0 radical (unpaired) electrons. The maximum absolute atomic E-state index is 11.9. The van der Waals surface area contributed by atoms with Crippen molar-refractivity contribution in [1.82, 2.24) is 9.47 Å². The number of benzene rings is 2. The smallest absolute Gasteiger partial charge is 0.419 e. The second-order valence-corrected chi connectivity index (χ2v) is 6.62. The van der Waals surface area contributed by atoms with E-state index in [2.05, 4.69) is 43.1 Å². The van der Waals surface area contributed by atoms with Crippen LogP contribution < -0.4 is 5.76 Å². The molecule has 0 aliphatic rings. The number of carbonyl (C=O) groups is 2. The fourth-order valence-corrected chi connectivity index (χ4v) is 2.88. The SMILES string of the molecule is Cc1ccccc1CN(C)CCCn1c(=O)oc2ccccc21.O=C(O)C(=O)O. The monoisotopic (exact) mass is 400 g/mol. The van der Waals surface area contributed by atoms with Gasteiger partial charge in [-0.25, -0.2) is 14.4 Å². The highest BCUT2D eigenvalue weighted by atomic mass is 16.4. The number of fused-ring (bicyclic) bond motifs is 1. The van der Waals surface area contributed by atoms with E-state index in [-0.39, 0.29) is 5.76 Å². The topological polar surface area (TPSA) is 113 Å². The standard InChI is InChI=1S/C19H22N2O2.C2H2O4/c1-15-8-3-4-9-16(15)14-20(2)12-7-13-21-17-10-5-6-11-18(17)23-19(21)22;3-1(4)2(5)6/h3-6,8-11H,7,12-14H2,1-2H3;(H,3,4)(H,5,6). The predicted octanol–water partition coefficient (Wildman–Crippen LogP) is 2.58. The molecule has 0 bridgehead atoms. The Balaban J connectivity index is 0.000000438. The highest BCUT2D eigenvalue weighted by Crippen LogP contribution is 2.13. The van der Waals surface area contributed by atoms with Crippen LogP contribution in [-0.2, 0) is 22.7 Å². The lowest BCUT2D eigenvalue weighted by molar-refractivity contribution is -0.159. The van der Waals surface area contributed by atoms with Crippen LogP contribution in [-0.4, -0.2) is 45.2 Å². The van der Waals surface area contributed by atoms with Crippen LogP contribution in [0.4, 0.5) is 0 Å². The van der Waals surface area contributed by atoms with Crippen molar-refractivity contribution in [3.05, 3.63) is 70.2 Å². The van der Waals surface area contributed by atoms with Crippen LogP contribution >= 0.6 is 0 Å². The molecule has 0 unspecified atom stereocenters. The minimum absolute atomic E-state index is 0.271. The van der Waals surface area contributed by atoms with E-state index in [1.165, 1.54) is 11.1 Å². The highest BCUT2D eigenvalue weighted by Gasteiger charge is 2.09. The van der Waals surface area contributed by atoms with Gasteiger partial charge in [0.1, 0.15) is 0 Å². The number of aliphatic carboxylic acids is 2. The molecule has 2 aromatic carbocycles. The van der Waals surface area contributed by atoms with Crippen molar-refractivity contribution in [3.63, 3.8) is 0 Å². The summed E-state index contributed by atoms with van der Waals surface area (Å²) in [6.45, 7) is 4.67. The van der Waals surface area contributed by atoms with Gasteiger partial charge in [-0.1, -0.05) is 36.4 Å². The van der Waals surface area contributed by atoms with Crippen molar-refractivity contribution in [3.8, 4) is 0 Å². The average molecular weight is 400 g/mol. The molecule has 0 saturated heterocycles. The largest absolute Gasteiger partial charge is 0.473 e. The zero-order valence-electron chi connectivity index (χ0n) is 16.4. The number of nitrogens with zero attached hydrogens (tertiary/aromatic N) is 2. The molecule has 0 aliphatic carbocycles. The first-order chi connectivity index (χ1) is 13.8. The molecule has 1 heterocycles. The summed E-state index contributed by atoms with van der Waals surface area (Å²) >= 11 is 0. The molecule has 2 N–H and O–H groups in total. The first-order valence-electron chi connectivity index (χ1n) is 9.07. The Morgan fingerprint density at radius 3 is 2.31 bits per heavy atom. The number of oxazole rings is 1. The van der Waals surface area contributed by atoms with E-state index < -0.39 is 11.9 Å². The Hall–Kier alpha value is -3.39. The van der Waals surface area contributed by atoms with Gasteiger partial charge in [-0.15, -0.1) is 0 Å². The maximum Gasteiger partial charge on any atom is 0.419 e. The van der Waals surface area contributed by atoms with Crippen LogP contribution in [0.25, 0.3) is 11.1 Å². The third kappa shape index (κ3) is 6.32. The van der Waals surface area contributed by atoms with Gasteiger partial charge >= 0.3 is 17.7 Å². The quantitative estimate of drug-likeness (QED) is 0.612. The molecular weight excluding hydrogens is 376 g/mol. The lowest BCUT2D eigenvalue weighted by atomic mass is 10.1. The third-order valence-corrected chi connectivity index (χ3v) is 4.38. The Bertz CT molecular complexity index is 1020. The summed E-state index contributed by atoms with van der Waals surface area (Å²) < 4.78 is 6.98. The predicted molar refractivity (Wildman–Crippen MR) is 108 cm³/mol. The molecule has 0 saturated carbocycles. The molecule has 0 spiro atoms. The maximum atomic E-state index is 11.9. The number of rotatable bonds is 6. The van der Waals surface area contributed by atoms with Crippen molar-refractivity contribution in [1.29, 1.82) is 0 Å². The minimum Gasteiger partial charge on any atom is -0.473 e. The molecule has 0 amide bonds. The van der Waals surface area contributed by atoms with E-state index >= 15 is 0 Å². The van der Waals surface area contributed by atoms with E-state index in [9.17, 15) is 4.79 Å². The van der Waals surface area contributed by atoms with Gasteiger partial charge in [0.05, 0.1) is 5.52 Å². The third-order valence-electron chi connectivity index (χ3n) is 4.38. The molecule has 29 heavy (non-hydrogen) atoms. The molecule has 8 nitrogen and oxygen atoms in total. The van der Waals surface area contributed by atoms with Gasteiger partial charge in [-0.2, -0.15) is 0 Å². The number of carboxylic acid groups (broad SMARTS) is 2. The molecule has 0 aliphatic heterocycles. The van der Waals surface area contributed by atoms with Crippen LogP contribution in [0.15, 0.2) is 57.7 Å². The van der Waals surface area contributed by atoms with E-state index in [0.717, 1.165) is 25.0 Å². The molecule has 1 aromatic heterocycles. The van der Waals surface area contributed by atoms with Crippen LogP contribution in [0.2, 0.25) is 0 Å². The number of carboxylic acids is 2. The zero-order chi connectivity index (χ0) is 21.4. The summed E-state index contributed by atoms with van der Waals surface area (Å²) in [6.07, 6.45) is 0.909. The fourth-order valence-electron chi connectivity index (χ4n) is 2.88. The number of hydrogen-bond acceptors (Lipinski definition) is 5. The van der Waals surface area contributed by atoms with Crippen molar-refractivity contribution in [2.24, 2.45) is 0 Å². The minimum atomic E-state index is -1.82. The highest BCUT2D eigenvalue weighted by molar-refractivity contribution is 6.27. The van der Waals surface area contributed by atoms with E-state index in [4.69, 9.17) is 24.2 Å². The molecular formula is C21H24N2O6. The summed E-state index contributed by atoms with van der Waals surface area (Å²) in [6, 6.07) is 16.0. The molecule has 0 atom stereocenters. The summed E-state index contributed by atoms with van der Waals surface area (Å²) in [5.41, 5.74) is 4.20. The second kappa shape index (κ2) is 10.2. The van der Waals surface area contributed by atoms with Gasteiger partial charge in [0.15, 0.2) is 5.58 Å². The molecule has 3 rings (SSSR count). The average Bonchev–Trinajstić information content (AvgIpc) is 2.99. The van der Waals surface area contributed by atoms with Gasteiger partial charge in [-0.3, -0.25) is 4.57 Å². The Labute approximate surface area is 167 Å². The Morgan fingerprint density at radius 2 is 1.66 bits per heavy atom. The van der Waals surface area contributed by atoms with Crippen LogP contribution in [0.1, 0.15) is 17.5 Å². The Morgan fingerprint density at radius 1 is 1.03 bits per heavy atom. The van der Waals surface area contributed by atoms with E-state index in [1.54, 1.807) is 4.57 Å². The van der Waals surface area contributed by atoms with Gasteiger partial charge < -0.3 is 19.5 Å². The Kier molecular flexibility index (Phi) is 7.73. The fraction of sp³-hybridized carbons (Fsp3) is 0.286. The normalized spacial score (nSPS) is 10.6. The van der Waals surface area contributed by atoms with Gasteiger partial charge in [0.2, 0.25) is 0 Å². The molecule has 0 fully saturated rings. The van der Waals surface area contributed by atoms with E-state index in [0.29, 0.717) is 12.1 Å². The van der Waals surface area contributed by atoms with Crippen molar-refractivity contribution in [2.75, 3.05) is 13.6 Å². The van der Waals surface area contributed by atoms with Crippen LogP contribution in [0.5, 0.6) is 0 Å². The van der Waals surface area contributed by atoms with Gasteiger partial charge in [-0.05, 0) is 50.2 Å². The van der Waals surface area contributed by atoms with Crippen molar-refractivity contribution >= 4 is 23.0 Å². The van der Waals surface area contributed by atoms with E-state index in [1.807, 2.05) is 24.3 Å². The lowest BCUT2D eigenvalue weighted by Gasteiger charge is -2.18. The number of para-hydroxylation sites is 2. The summed E-state index contributed by atoms with van der Waals surface area (Å²) in [4.78, 5) is 32.4. The lowest BCUT2D eigenvalue weighted by Crippen LogP contribution is -2.22. The number of aromatic nitrogens is 1. The molecule has 154 valence electrons. The van der Waals surface area contributed by atoms with Crippen molar-refractivity contribution in [2.45, 2.75) is 26.4 Å². The van der Waals surface area contributed by atoms with Crippen LogP contribution in [0.3, 0.4) is 0 Å². The summed E-state index contributed by atoms with van der Waals surface area (Å²) in [5, 5.41) is 14.8. The summed E-state index contributed by atoms with van der Waals surface area (Å²) in [5.74, 6) is -3.92. The van der Waals surface area contributed by atoms with Crippen molar-refractivity contribution < 1.29 is 24.2 Å². The number of aryl methyl sites for hydroxylation is 2.